The molecule has 19 heavy (non-hydrogen) atoms. The number of nitrogens with zero attached hydrogens (tertiary/aromatic N) is 1. The predicted octanol–water partition coefficient (Wildman–Crippen LogP) is 3.25. The first-order valence-electron chi connectivity index (χ1n) is 6.43. The molecule has 0 bridgehead atoms. The minimum absolute atomic E-state index is 0.00494. The van der Waals surface area contributed by atoms with E-state index in [4.69, 9.17) is 4.52 Å². The van der Waals surface area contributed by atoms with Gasteiger partial charge in [0.2, 0.25) is 5.91 Å². The summed E-state index contributed by atoms with van der Waals surface area (Å²) in [6, 6.07) is 10.2. The molecule has 0 saturated heterocycles. The Morgan fingerprint density at radius 3 is 2.63 bits per heavy atom. The maximum Gasteiger partial charge on any atom is 0.224 e. The fourth-order valence-electron chi connectivity index (χ4n) is 1.96. The maximum atomic E-state index is 11.8. The van der Waals surface area contributed by atoms with Crippen LogP contribution in [0.1, 0.15) is 29.9 Å². The van der Waals surface area contributed by atoms with Crippen LogP contribution in [0.5, 0.6) is 0 Å². The summed E-state index contributed by atoms with van der Waals surface area (Å²) in [6.07, 6.45) is 2.24. The van der Waals surface area contributed by atoms with Crippen LogP contribution in [0, 0.1) is 13.8 Å². The van der Waals surface area contributed by atoms with Crippen LogP contribution in [0.15, 0.2) is 34.9 Å². The number of amides is 1. The number of anilines is 1. The van der Waals surface area contributed by atoms with Crippen molar-refractivity contribution < 1.29 is 9.32 Å². The van der Waals surface area contributed by atoms with Crippen LogP contribution in [0.2, 0.25) is 0 Å². The first-order chi connectivity index (χ1) is 9.16. The lowest BCUT2D eigenvalue weighted by molar-refractivity contribution is -0.116. The van der Waals surface area contributed by atoms with Gasteiger partial charge in [-0.2, -0.15) is 0 Å². The second kappa shape index (κ2) is 6.18. The van der Waals surface area contributed by atoms with Gasteiger partial charge in [0.05, 0.1) is 0 Å². The Hall–Kier alpha value is -2.10. The van der Waals surface area contributed by atoms with Crippen LogP contribution in [0.4, 0.5) is 5.69 Å². The molecule has 0 aliphatic heterocycles. The second-order valence-corrected chi connectivity index (χ2v) is 4.59. The van der Waals surface area contributed by atoms with Crippen molar-refractivity contribution in [2.45, 2.75) is 33.1 Å². The van der Waals surface area contributed by atoms with Gasteiger partial charge in [-0.05, 0) is 32.3 Å². The summed E-state index contributed by atoms with van der Waals surface area (Å²) in [5, 5.41) is 6.66. The molecule has 0 unspecified atom stereocenters. The van der Waals surface area contributed by atoms with Crippen molar-refractivity contribution in [2.24, 2.45) is 0 Å². The molecular formula is C15H18N2O2. The summed E-state index contributed by atoms with van der Waals surface area (Å²) in [5.74, 6) is 0.652. The predicted molar refractivity (Wildman–Crippen MR) is 74.0 cm³/mol. The van der Waals surface area contributed by atoms with E-state index < -0.39 is 0 Å². The SMILES string of the molecule is Cc1noc(C)c1NC(=O)CCCc1ccccc1. The Morgan fingerprint density at radius 2 is 2.00 bits per heavy atom. The third-order valence-electron chi connectivity index (χ3n) is 3.01. The fraction of sp³-hybridized carbons (Fsp3) is 0.333. The molecule has 1 amide bonds. The third-order valence-corrected chi connectivity index (χ3v) is 3.01. The van der Waals surface area contributed by atoms with Crippen molar-refractivity contribution >= 4 is 11.6 Å². The number of carbonyl (C=O) groups is 1. The summed E-state index contributed by atoms with van der Waals surface area (Å²) < 4.78 is 5.01. The van der Waals surface area contributed by atoms with Gasteiger partial charge < -0.3 is 9.84 Å². The standard InChI is InChI=1S/C15H18N2O2/c1-11-15(12(2)19-17-11)16-14(18)10-6-9-13-7-4-3-5-8-13/h3-5,7-8H,6,9-10H2,1-2H3,(H,16,18). The van der Waals surface area contributed by atoms with E-state index in [1.54, 1.807) is 6.92 Å². The molecule has 1 aromatic carbocycles. The number of hydrogen-bond acceptors (Lipinski definition) is 3. The zero-order chi connectivity index (χ0) is 13.7. The molecule has 0 saturated carbocycles. The van der Waals surface area contributed by atoms with Gasteiger partial charge in [-0.1, -0.05) is 35.5 Å². The van der Waals surface area contributed by atoms with E-state index in [9.17, 15) is 4.79 Å². The highest BCUT2D eigenvalue weighted by atomic mass is 16.5. The van der Waals surface area contributed by atoms with E-state index in [1.807, 2.05) is 25.1 Å². The molecule has 100 valence electrons. The third kappa shape index (κ3) is 3.68. The maximum absolute atomic E-state index is 11.8. The summed E-state index contributed by atoms with van der Waals surface area (Å²) in [7, 11) is 0. The highest BCUT2D eigenvalue weighted by molar-refractivity contribution is 5.91. The van der Waals surface area contributed by atoms with E-state index in [-0.39, 0.29) is 5.91 Å². The molecule has 1 N–H and O–H groups in total. The minimum atomic E-state index is 0.00494. The zero-order valence-electron chi connectivity index (χ0n) is 11.3. The molecule has 0 aliphatic carbocycles. The molecule has 4 heteroatoms. The van der Waals surface area contributed by atoms with E-state index in [0.29, 0.717) is 23.6 Å². The monoisotopic (exact) mass is 258 g/mol. The molecule has 0 atom stereocenters. The minimum Gasteiger partial charge on any atom is -0.359 e. The van der Waals surface area contributed by atoms with Crippen LogP contribution >= 0.6 is 0 Å². The lowest BCUT2D eigenvalue weighted by Gasteiger charge is -2.04. The number of aromatic nitrogens is 1. The number of aryl methyl sites for hydroxylation is 3. The molecule has 0 radical (unpaired) electrons. The van der Waals surface area contributed by atoms with E-state index >= 15 is 0 Å². The van der Waals surface area contributed by atoms with Gasteiger partial charge in [0.25, 0.3) is 0 Å². The van der Waals surface area contributed by atoms with Crippen molar-refractivity contribution in [3.8, 4) is 0 Å². The quantitative estimate of drug-likeness (QED) is 0.895. The molecule has 0 fully saturated rings. The van der Waals surface area contributed by atoms with Crippen LogP contribution in [0.3, 0.4) is 0 Å². The highest BCUT2D eigenvalue weighted by Gasteiger charge is 2.11. The Labute approximate surface area is 112 Å². The average Bonchev–Trinajstić information content (AvgIpc) is 2.72. The molecule has 2 aromatic rings. The largest absolute Gasteiger partial charge is 0.359 e. The topological polar surface area (TPSA) is 55.1 Å². The summed E-state index contributed by atoms with van der Waals surface area (Å²) in [4.78, 5) is 11.8. The smallest absolute Gasteiger partial charge is 0.224 e. The summed E-state index contributed by atoms with van der Waals surface area (Å²) in [5.41, 5.74) is 2.67. The van der Waals surface area contributed by atoms with E-state index in [1.165, 1.54) is 5.56 Å². The number of hydrogen-bond donors (Lipinski definition) is 1. The van der Waals surface area contributed by atoms with Crippen LogP contribution in [-0.2, 0) is 11.2 Å². The molecule has 4 nitrogen and oxygen atoms in total. The summed E-state index contributed by atoms with van der Waals surface area (Å²) in [6.45, 7) is 3.61. The molecule has 1 heterocycles. The fourth-order valence-corrected chi connectivity index (χ4v) is 1.96. The molecule has 2 rings (SSSR count). The van der Waals surface area contributed by atoms with Crippen molar-refractivity contribution in [1.82, 2.24) is 5.16 Å². The van der Waals surface area contributed by atoms with Crippen molar-refractivity contribution in [3.63, 3.8) is 0 Å². The van der Waals surface area contributed by atoms with Gasteiger partial charge in [-0.15, -0.1) is 0 Å². The number of nitrogens with one attached hydrogen (secondary N) is 1. The molecular weight excluding hydrogens is 240 g/mol. The Morgan fingerprint density at radius 1 is 1.26 bits per heavy atom. The molecule has 1 aromatic heterocycles. The van der Waals surface area contributed by atoms with Crippen LogP contribution in [0.25, 0.3) is 0 Å². The van der Waals surface area contributed by atoms with Crippen molar-refractivity contribution in [2.75, 3.05) is 5.32 Å². The normalized spacial score (nSPS) is 10.4. The lowest BCUT2D eigenvalue weighted by Crippen LogP contribution is -2.12. The van der Waals surface area contributed by atoms with Crippen LogP contribution in [-0.4, -0.2) is 11.1 Å². The zero-order valence-corrected chi connectivity index (χ0v) is 11.3. The van der Waals surface area contributed by atoms with Crippen molar-refractivity contribution in [1.29, 1.82) is 0 Å². The molecule has 0 aliphatic rings. The highest BCUT2D eigenvalue weighted by Crippen LogP contribution is 2.19. The lowest BCUT2D eigenvalue weighted by atomic mass is 10.1. The van der Waals surface area contributed by atoms with E-state index in [0.717, 1.165) is 12.8 Å². The first kappa shape index (κ1) is 13.3. The van der Waals surface area contributed by atoms with Gasteiger partial charge in [-0.3, -0.25) is 4.79 Å². The Kier molecular flexibility index (Phi) is 4.34. The van der Waals surface area contributed by atoms with Gasteiger partial charge in [0.15, 0.2) is 5.76 Å². The van der Waals surface area contributed by atoms with Gasteiger partial charge in [0.1, 0.15) is 11.4 Å². The average molecular weight is 258 g/mol. The van der Waals surface area contributed by atoms with Gasteiger partial charge >= 0.3 is 0 Å². The first-order valence-corrected chi connectivity index (χ1v) is 6.43. The number of benzene rings is 1. The second-order valence-electron chi connectivity index (χ2n) is 4.59. The Balaban J connectivity index is 1.79. The molecule has 0 spiro atoms. The Bertz CT molecular complexity index is 527. The van der Waals surface area contributed by atoms with E-state index in [2.05, 4.69) is 22.6 Å². The number of rotatable bonds is 5. The van der Waals surface area contributed by atoms with Crippen molar-refractivity contribution in [3.05, 3.63) is 47.3 Å². The van der Waals surface area contributed by atoms with Gasteiger partial charge in [0, 0.05) is 6.42 Å². The number of carbonyl (C=O) groups excluding carboxylic acids is 1. The summed E-state index contributed by atoms with van der Waals surface area (Å²) >= 11 is 0. The van der Waals surface area contributed by atoms with Gasteiger partial charge in [-0.25, -0.2) is 0 Å². The van der Waals surface area contributed by atoms with Crippen LogP contribution < -0.4 is 5.32 Å².